The van der Waals surface area contributed by atoms with Crippen molar-refractivity contribution in [3.05, 3.63) is 28.7 Å². The van der Waals surface area contributed by atoms with Gasteiger partial charge in [-0.05, 0) is 30.2 Å². The summed E-state index contributed by atoms with van der Waals surface area (Å²) in [5, 5.41) is 2.66. The Bertz CT molecular complexity index is 1000. The van der Waals surface area contributed by atoms with E-state index >= 15 is 0 Å². The first-order valence-corrected chi connectivity index (χ1v) is 11.5. The van der Waals surface area contributed by atoms with Gasteiger partial charge in [0.25, 0.3) is 5.91 Å². The van der Waals surface area contributed by atoms with Gasteiger partial charge >= 0.3 is 0 Å². The van der Waals surface area contributed by atoms with Crippen molar-refractivity contribution in [1.29, 1.82) is 0 Å². The quantitative estimate of drug-likeness (QED) is 0.545. The van der Waals surface area contributed by atoms with Gasteiger partial charge in [0.15, 0.2) is 21.3 Å². The third-order valence-corrected chi connectivity index (χ3v) is 7.61. The summed E-state index contributed by atoms with van der Waals surface area (Å²) in [4.78, 5) is 26.5. The number of amides is 2. The molecule has 1 aromatic rings. The van der Waals surface area contributed by atoms with Crippen LogP contribution in [0, 0.1) is 0 Å². The molecule has 2 amide bonds. The zero-order valence-corrected chi connectivity index (χ0v) is 17.0. The highest BCUT2D eigenvalue weighted by molar-refractivity contribution is 8.26. The van der Waals surface area contributed by atoms with Crippen molar-refractivity contribution in [3.8, 4) is 11.5 Å². The first-order chi connectivity index (χ1) is 13.3. The molecule has 1 atom stereocenters. The Morgan fingerprint density at radius 2 is 2.14 bits per heavy atom. The van der Waals surface area contributed by atoms with E-state index in [0.29, 0.717) is 22.8 Å². The van der Waals surface area contributed by atoms with Gasteiger partial charge < -0.3 is 14.8 Å². The number of benzene rings is 1. The number of thiocarbonyl (C=S) groups is 1. The molecule has 0 aromatic heterocycles. The normalized spacial score (nSPS) is 24.2. The number of nitrogens with one attached hydrogen (secondary N) is 1. The maximum Gasteiger partial charge on any atom is 0.266 e. The van der Waals surface area contributed by atoms with Crippen molar-refractivity contribution in [1.82, 2.24) is 10.2 Å². The monoisotopic (exact) mass is 440 g/mol. The summed E-state index contributed by atoms with van der Waals surface area (Å²) in [7, 11) is -3.09. The molecule has 148 valence electrons. The minimum atomic E-state index is -3.09. The average molecular weight is 441 g/mol. The van der Waals surface area contributed by atoms with Gasteiger partial charge in [-0.15, -0.1) is 0 Å². The number of hydrogen-bond acceptors (Lipinski definition) is 8. The van der Waals surface area contributed by atoms with Gasteiger partial charge in [-0.25, -0.2) is 8.42 Å². The number of rotatable bonds is 4. The Morgan fingerprint density at radius 1 is 1.36 bits per heavy atom. The summed E-state index contributed by atoms with van der Waals surface area (Å²) in [5.41, 5.74) is 0.755. The van der Waals surface area contributed by atoms with Crippen molar-refractivity contribution < 1.29 is 27.5 Å². The van der Waals surface area contributed by atoms with E-state index < -0.39 is 21.8 Å². The second-order valence-corrected chi connectivity index (χ2v) is 10.5. The predicted molar refractivity (Wildman–Crippen MR) is 108 cm³/mol. The van der Waals surface area contributed by atoms with E-state index in [0.717, 1.165) is 17.3 Å². The van der Waals surface area contributed by atoms with E-state index in [-0.39, 0.29) is 35.1 Å². The van der Waals surface area contributed by atoms with Crippen LogP contribution < -0.4 is 14.8 Å². The number of carbonyl (C=O) groups excluding carboxylic acids is 2. The molecule has 28 heavy (non-hydrogen) atoms. The zero-order chi connectivity index (χ0) is 19.9. The van der Waals surface area contributed by atoms with Gasteiger partial charge in [-0.3, -0.25) is 14.5 Å². The molecule has 0 aliphatic carbocycles. The molecule has 0 radical (unpaired) electrons. The van der Waals surface area contributed by atoms with Gasteiger partial charge in [0.1, 0.15) is 10.9 Å². The maximum absolute atomic E-state index is 12.6. The second kappa shape index (κ2) is 7.37. The lowest BCUT2D eigenvalue weighted by Gasteiger charge is -2.16. The smallest absolute Gasteiger partial charge is 0.266 e. The minimum Gasteiger partial charge on any atom is -0.454 e. The van der Waals surface area contributed by atoms with Gasteiger partial charge in [0, 0.05) is 6.04 Å². The molecule has 3 aliphatic heterocycles. The highest BCUT2D eigenvalue weighted by Crippen LogP contribution is 2.36. The molecule has 0 spiro atoms. The van der Waals surface area contributed by atoms with Crippen LogP contribution in [0.25, 0.3) is 6.08 Å². The molecule has 3 aliphatic rings. The summed E-state index contributed by atoms with van der Waals surface area (Å²) in [5.74, 6) is 0.466. The molecular formula is C17H16N2O6S3. The van der Waals surface area contributed by atoms with Crippen LogP contribution in [0.2, 0.25) is 0 Å². The topological polar surface area (TPSA) is 102 Å². The van der Waals surface area contributed by atoms with E-state index in [1.807, 2.05) is 0 Å². The molecule has 0 saturated carbocycles. The van der Waals surface area contributed by atoms with Gasteiger partial charge in [-0.2, -0.15) is 0 Å². The van der Waals surface area contributed by atoms with Crippen molar-refractivity contribution in [2.45, 2.75) is 12.5 Å². The summed E-state index contributed by atoms with van der Waals surface area (Å²) >= 11 is 6.35. The SMILES string of the molecule is O=C(CN1C(=O)C(=Cc2ccc3c(c2)OCO3)SC1=S)NC1CCS(=O)(=O)C1. The molecule has 1 aromatic carbocycles. The van der Waals surface area contributed by atoms with Gasteiger partial charge in [-0.1, -0.05) is 30.0 Å². The molecular weight excluding hydrogens is 424 g/mol. The second-order valence-electron chi connectivity index (χ2n) is 6.55. The number of sulfone groups is 1. The maximum atomic E-state index is 12.6. The Balaban J connectivity index is 1.42. The van der Waals surface area contributed by atoms with Crippen molar-refractivity contribution in [3.63, 3.8) is 0 Å². The van der Waals surface area contributed by atoms with Crippen molar-refractivity contribution in [2.24, 2.45) is 0 Å². The molecule has 11 heteroatoms. The Hall–Kier alpha value is -2.11. The summed E-state index contributed by atoms with van der Waals surface area (Å²) in [6.45, 7) is -0.0714. The molecule has 1 unspecified atom stereocenters. The van der Waals surface area contributed by atoms with Crippen molar-refractivity contribution in [2.75, 3.05) is 24.8 Å². The summed E-state index contributed by atoms with van der Waals surface area (Å²) in [6, 6.07) is 4.91. The van der Waals surface area contributed by atoms with E-state index in [1.54, 1.807) is 24.3 Å². The van der Waals surface area contributed by atoms with Gasteiger partial charge in [0.2, 0.25) is 12.7 Å². The Labute approximate surface area is 171 Å². The molecule has 1 N–H and O–H groups in total. The first-order valence-electron chi connectivity index (χ1n) is 8.45. The largest absolute Gasteiger partial charge is 0.454 e. The number of thioether (sulfide) groups is 1. The molecule has 0 bridgehead atoms. The van der Waals surface area contributed by atoms with Crippen LogP contribution in [0.15, 0.2) is 23.1 Å². The average Bonchev–Trinajstić information content (AvgIpc) is 3.29. The highest BCUT2D eigenvalue weighted by atomic mass is 32.2. The number of carbonyl (C=O) groups is 2. The Kier molecular flexibility index (Phi) is 5.06. The Morgan fingerprint density at radius 3 is 2.89 bits per heavy atom. The van der Waals surface area contributed by atoms with E-state index in [2.05, 4.69) is 5.32 Å². The fourth-order valence-corrected chi connectivity index (χ4v) is 6.04. The van der Waals surface area contributed by atoms with Crippen LogP contribution in [0.1, 0.15) is 12.0 Å². The lowest BCUT2D eigenvalue weighted by atomic mass is 10.2. The summed E-state index contributed by atoms with van der Waals surface area (Å²) in [6.07, 6.45) is 2.07. The first kappa shape index (κ1) is 19.2. The molecule has 2 fully saturated rings. The fraction of sp³-hybridized carbons (Fsp3) is 0.353. The zero-order valence-electron chi connectivity index (χ0n) is 14.5. The van der Waals surface area contributed by atoms with E-state index in [1.165, 1.54) is 4.90 Å². The number of fused-ring (bicyclic) bond motifs is 1. The molecule has 3 heterocycles. The van der Waals surface area contributed by atoms with Crippen LogP contribution in [0.3, 0.4) is 0 Å². The standard InChI is InChI=1S/C17H16N2O6S3/c20-15(18-11-3-4-28(22,23)8-11)7-19-16(21)14(27-17(19)26)6-10-1-2-12-13(5-10)25-9-24-12/h1-2,5-6,11H,3-4,7-9H2,(H,18,20). The lowest BCUT2D eigenvalue weighted by Crippen LogP contribution is -2.43. The predicted octanol–water partition coefficient (Wildman–Crippen LogP) is 0.920. The van der Waals surface area contributed by atoms with E-state index in [9.17, 15) is 18.0 Å². The number of hydrogen-bond donors (Lipinski definition) is 1. The highest BCUT2D eigenvalue weighted by Gasteiger charge is 2.35. The van der Waals surface area contributed by atoms with Crippen molar-refractivity contribution >= 4 is 56.0 Å². The van der Waals surface area contributed by atoms with Crippen LogP contribution in [0.5, 0.6) is 11.5 Å². The van der Waals surface area contributed by atoms with Gasteiger partial charge in [0.05, 0.1) is 16.4 Å². The number of ether oxygens (including phenoxy) is 2. The van der Waals surface area contributed by atoms with Crippen LogP contribution in [-0.2, 0) is 19.4 Å². The minimum absolute atomic E-state index is 0.0667. The van der Waals surface area contributed by atoms with Crippen LogP contribution in [0.4, 0.5) is 0 Å². The number of nitrogens with zero attached hydrogens (tertiary/aromatic N) is 1. The summed E-state index contributed by atoms with van der Waals surface area (Å²) < 4.78 is 33.9. The third kappa shape index (κ3) is 4.01. The van der Waals surface area contributed by atoms with Crippen LogP contribution in [-0.4, -0.2) is 60.3 Å². The van der Waals surface area contributed by atoms with E-state index in [4.69, 9.17) is 21.7 Å². The van der Waals surface area contributed by atoms with Crippen LogP contribution >= 0.6 is 24.0 Å². The fourth-order valence-electron chi connectivity index (χ4n) is 3.12. The molecule has 8 nitrogen and oxygen atoms in total. The molecule has 2 saturated heterocycles. The molecule has 4 rings (SSSR count). The lowest BCUT2D eigenvalue weighted by molar-refractivity contribution is -0.129. The third-order valence-electron chi connectivity index (χ3n) is 4.47.